The standard InChI is InChI=1S/C19H18N4O3S2/c1-2-26-15-10-8-13(9-11-15)17(25)21-18-22-23-19(28-18)27-12-16(24)20-14-6-4-3-5-7-14/h3-11H,2,12H2,1H3,(H,20,24)(H,21,22,25). The lowest BCUT2D eigenvalue weighted by molar-refractivity contribution is -0.113. The number of carbonyl (C=O) groups excluding carboxylic acids is 2. The number of hydrogen-bond donors (Lipinski definition) is 2. The number of thioether (sulfide) groups is 1. The normalized spacial score (nSPS) is 10.3. The van der Waals surface area contributed by atoms with Crippen LogP contribution in [0, 0.1) is 0 Å². The highest BCUT2D eigenvalue weighted by atomic mass is 32.2. The summed E-state index contributed by atoms with van der Waals surface area (Å²) in [5.41, 5.74) is 1.24. The Balaban J connectivity index is 1.49. The summed E-state index contributed by atoms with van der Waals surface area (Å²) in [5.74, 6) is 0.502. The molecular weight excluding hydrogens is 396 g/mol. The van der Waals surface area contributed by atoms with Crippen LogP contribution in [0.5, 0.6) is 5.75 Å². The van der Waals surface area contributed by atoms with Gasteiger partial charge in [0, 0.05) is 11.3 Å². The Morgan fingerprint density at radius 3 is 2.50 bits per heavy atom. The molecule has 2 N–H and O–H groups in total. The third-order valence-corrected chi connectivity index (χ3v) is 5.41. The number of carbonyl (C=O) groups is 2. The molecule has 2 amide bonds. The van der Waals surface area contributed by atoms with Gasteiger partial charge >= 0.3 is 0 Å². The Morgan fingerprint density at radius 1 is 1.04 bits per heavy atom. The number of ether oxygens (including phenoxy) is 1. The zero-order valence-corrected chi connectivity index (χ0v) is 16.7. The Morgan fingerprint density at radius 2 is 1.79 bits per heavy atom. The van der Waals surface area contributed by atoms with Crippen LogP contribution in [0.4, 0.5) is 10.8 Å². The summed E-state index contributed by atoms with van der Waals surface area (Å²) >= 11 is 2.48. The zero-order chi connectivity index (χ0) is 19.8. The summed E-state index contributed by atoms with van der Waals surface area (Å²) < 4.78 is 5.96. The molecule has 0 unspecified atom stereocenters. The van der Waals surface area contributed by atoms with Crippen LogP contribution < -0.4 is 15.4 Å². The first-order chi connectivity index (χ1) is 13.6. The summed E-state index contributed by atoms with van der Waals surface area (Å²) in [4.78, 5) is 24.3. The fraction of sp³-hybridized carbons (Fsp3) is 0.158. The number of amides is 2. The van der Waals surface area contributed by atoms with Crippen molar-refractivity contribution in [3.8, 4) is 5.75 Å². The molecule has 0 saturated heterocycles. The van der Waals surface area contributed by atoms with E-state index in [9.17, 15) is 9.59 Å². The highest BCUT2D eigenvalue weighted by Crippen LogP contribution is 2.26. The van der Waals surface area contributed by atoms with Crippen LogP contribution in [0.2, 0.25) is 0 Å². The topological polar surface area (TPSA) is 93.2 Å². The summed E-state index contributed by atoms with van der Waals surface area (Å²) in [5, 5.41) is 13.8. The molecule has 3 aromatic rings. The van der Waals surface area contributed by atoms with Gasteiger partial charge < -0.3 is 10.1 Å². The molecule has 1 aromatic heterocycles. The smallest absolute Gasteiger partial charge is 0.257 e. The van der Waals surface area contributed by atoms with Gasteiger partial charge in [0.2, 0.25) is 11.0 Å². The van der Waals surface area contributed by atoms with Gasteiger partial charge in [-0.05, 0) is 43.3 Å². The maximum Gasteiger partial charge on any atom is 0.257 e. The molecule has 7 nitrogen and oxygen atoms in total. The van der Waals surface area contributed by atoms with E-state index in [2.05, 4.69) is 20.8 Å². The molecule has 1 heterocycles. The van der Waals surface area contributed by atoms with E-state index in [1.165, 1.54) is 23.1 Å². The molecule has 0 saturated carbocycles. The maximum atomic E-state index is 12.3. The first kappa shape index (κ1) is 19.8. The Bertz CT molecular complexity index is 930. The number of aromatic nitrogens is 2. The highest BCUT2D eigenvalue weighted by Gasteiger charge is 2.12. The molecule has 3 rings (SSSR count). The molecule has 0 atom stereocenters. The molecule has 28 heavy (non-hydrogen) atoms. The van der Waals surface area contributed by atoms with Gasteiger partial charge in [0.05, 0.1) is 12.4 Å². The minimum Gasteiger partial charge on any atom is -0.494 e. The Hall–Kier alpha value is -2.91. The lowest BCUT2D eigenvalue weighted by atomic mass is 10.2. The second-order valence-corrected chi connectivity index (χ2v) is 7.69. The van der Waals surface area contributed by atoms with Crippen molar-refractivity contribution in [1.29, 1.82) is 0 Å². The van der Waals surface area contributed by atoms with Crippen LogP contribution in [0.1, 0.15) is 17.3 Å². The van der Waals surface area contributed by atoms with E-state index in [0.717, 1.165) is 5.69 Å². The fourth-order valence-electron chi connectivity index (χ4n) is 2.20. The lowest BCUT2D eigenvalue weighted by Crippen LogP contribution is -2.13. The van der Waals surface area contributed by atoms with Gasteiger partial charge in [0.1, 0.15) is 5.75 Å². The van der Waals surface area contributed by atoms with Gasteiger partial charge in [-0.1, -0.05) is 41.3 Å². The molecule has 0 aliphatic heterocycles. The van der Waals surface area contributed by atoms with Gasteiger partial charge in [-0.3, -0.25) is 14.9 Å². The minimum atomic E-state index is -0.280. The summed E-state index contributed by atoms with van der Waals surface area (Å²) in [6.07, 6.45) is 0. The zero-order valence-electron chi connectivity index (χ0n) is 15.0. The van der Waals surface area contributed by atoms with E-state index in [4.69, 9.17) is 4.74 Å². The predicted octanol–water partition coefficient (Wildman–Crippen LogP) is 3.92. The number of para-hydroxylation sites is 1. The number of benzene rings is 2. The molecule has 2 aromatic carbocycles. The molecule has 0 spiro atoms. The van der Waals surface area contributed by atoms with Crippen LogP contribution >= 0.6 is 23.1 Å². The van der Waals surface area contributed by atoms with Crippen LogP contribution in [0.15, 0.2) is 58.9 Å². The molecule has 0 aliphatic carbocycles. The minimum absolute atomic E-state index is 0.133. The van der Waals surface area contributed by atoms with Crippen LogP contribution in [0.3, 0.4) is 0 Å². The number of anilines is 2. The monoisotopic (exact) mass is 414 g/mol. The van der Waals surface area contributed by atoms with Crippen molar-refractivity contribution in [3.05, 3.63) is 60.2 Å². The van der Waals surface area contributed by atoms with Gasteiger partial charge in [-0.25, -0.2) is 0 Å². The predicted molar refractivity (Wildman–Crippen MR) is 111 cm³/mol. The molecule has 0 aliphatic rings. The van der Waals surface area contributed by atoms with Gasteiger partial charge in [0.15, 0.2) is 4.34 Å². The molecule has 144 valence electrons. The number of hydrogen-bond acceptors (Lipinski definition) is 7. The largest absolute Gasteiger partial charge is 0.494 e. The van der Waals surface area contributed by atoms with Crippen LogP contribution in [-0.2, 0) is 4.79 Å². The highest BCUT2D eigenvalue weighted by molar-refractivity contribution is 8.01. The molecular formula is C19H18N4O3S2. The molecule has 0 radical (unpaired) electrons. The molecule has 0 bridgehead atoms. The van der Waals surface area contributed by atoms with E-state index in [1.807, 2.05) is 37.3 Å². The average Bonchev–Trinajstić information content (AvgIpc) is 3.15. The Kier molecular flexibility index (Phi) is 6.99. The van der Waals surface area contributed by atoms with Crippen molar-refractivity contribution in [2.24, 2.45) is 0 Å². The SMILES string of the molecule is CCOc1ccc(C(=O)Nc2nnc(SCC(=O)Nc3ccccc3)s2)cc1. The fourth-order valence-corrected chi connectivity index (χ4v) is 3.75. The quantitative estimate of drug-likeness (QED) is 0.429. The van der Waals surface area contributed by atoms with Crippen molar-refractivity contribution in [1.82, 2.24) is 10.2 Å². The summed E-state index contributed by atoms with van der Waals surface area (Å²) in [6.45, 7) is 2.47. The van der Waals surface area contributed by atoms with E-state index >= 15 is 0 Å². The van der Waals surface area contributed by atoms with Crippen molar-refractivity contribution in [2.75, 3.05) is 23.0 Å². The second kappa shape index (κ2) is 9.86. The first-order valence-electron chi connectivity index (χ1n) is 8.49. The van der Waals surface area contributed by atoms with Gasteiger partial charge in [0.25, 0.3) is 5.91 Å². The third-order valence-electron chi connectivity index (χ3n) is 3.44. The van der Waals surface area contributed by atoms with Crippen LogP contribution in [-0.4, -0.2) is 34.4 Å². The number of rotatable bonds is 8. The van der Waals surface area contributed by atoms with Gasteiger partial charge in [-0.2, -0.15) is 0 Å². The third kappa shape index (κ3) is 5.80. The first-order valence-corrected chi connectivity index (χ1v) is 10.3. The Labute approximate surface area is 170 Å². The lowest BCUT2D eigenvalue weighted by Gasteiger charge is -2.04. The van der Waals surface area contributed by atoms with Gasteiger partial charge in [-0.15, -0.1) is 10.2 Å². The second-order valence-electron chi connectivity index (χ2n) is 5.49. The van der Waals surface area contributed by atoms with Crippen molar-refractivity contribution >= 4 is 45.7 Å². The number of nitrogens with zero attached hydrogens (tertiary/aromatic N) is 2. The summed E-state index contributed by atoms with van der Waals surface area (Å²) in [6, 6.07) is 16.1. The van der Waals surface area contributed by atoms with Crippen LogP contribution in [0.25, 0.3) is 0 Å². The summed E-state index contributed by atoms with van der Waals surface area (Å²) in [7, 11) is 0. The average molecular weight is 415 g/mol. The van der Waals surface area contributed by atoms with E-state index in [1.54, 1.807) is 24.3 Å². The van der Waals surface area contributed by atoms with E-state index < -0.39 is 0 Å². The molecule has 9 heteroatoms. The maximum absolute atomic E-state index is 12.3. The van der Waals surface area contributed by atoms with Crippen molar-refractivity contribution in [2.45, 2.75) is 11.3 Å². The van der Waals surface area contributed by atoms with Crippen molar-refractivity contribution in [3.63, 3.8) is 0 Å². The van der Waals surface area contributed by atoms with Crippen molar-refractivity contribution < 1.29 is 14.3 Å². The van der Waals surface area contributed by atoms with E-state index in [0.29, 0.717) is 27.4 Å². The molecule has 0 fully saturated rings. The van der Waals surface area contributed by atoms with E-state index in [-0.39, 0.29) is 17.6 Å². The number of nitrogens with one attached hydrogen (secondary N) is 2.